The lowest BCUT2D eigenvalue weighted by Crippen LogP contribution is -2.19. The standard InChI is InChI=1S/C8H7NO2/c10-7-3-5-1-2-9-6(5)4-8(7)11/h2H,1,3-4H2. The summed E-state index contributed by atoms with van der Waals surface area (Å²) in [6, 6.07) is 0. The number of rotatable bonds is 0. The normalized spacial score (nSPS) is 22.9. The molecule has 2 aliphatic rings. The maximum Gasteiger partial charge on any atom is 0.204 e. The van der Waals surface area contributed by atoms with Crippen LogP contribution in [0.3, 0.4) is 0 Å². The second-order valence-corrected chi connectivity index (χ2v) is 2.77. The molecule has 2 rings (SSSR count). The van der Waals surface area contributed by atoms with Crippen molar-refractivity contribution in [3.8, 4) is 0 Å². The van der Waals surface area contributed by atoms with Gasteiger partial charge in [0.1, 0.15) is 0 Å². The zero-order valence-corrected chi connectivity index (χ0v) is 5.96. The zero-order valence-electron chi connectivity index (χ0n) is 5.96. The van der Waals surface area contributed by atoms with E-state index in [0.717, 1.165) is 17.7 Å². The van der Waals surface area contributed by atoms with Gasteiger partial charge in [-0.15, -0.1) is 0 Å². The lowest BCUT2D eigenvalue weighted by atomic mass is 9.94. The van der Waals surface area contributed by atoms with Crippen LogP contribution in [0.25, 0.3) is 0 Å². The summed E-state index contributed by atoms with van der Waals surface area (Å²) >= 11 is 0. The molecule has 0 aromatic heterocycles. The highest BCUT2D eigenvalue weighted by Crippen LogP contribution is 2.26. The molecule has 0 radical (unpaired) electrons. The third-order valence-corrected chi connectivity index (χ3v) is 2.01. The molecule has 56 valence electrons. The predicted molar refractivity (Wildman–Crippen MR) is 39.4 cm³/mol. The van der Waals surface area contributed by atoms with E-state index in [-0.39, 0.29) is 18.0 Å². The van der Waals surface area contributed by atoms with Gasteiger partial charge in [-0.1, -0.05) is 0 Å². The molecule has 11 heavy (non-hydrogen) atoms. The van der Waals surface area contributed by atoms with Crippen molar-refractivity contribution in [1.29, 1.82) is 0 Å². The zero-order chi connectivity index (χ0) is 7.84. The molecular formula is C8H7NO2. The summed E-state index contributed by atoms with van der Waals surface area (Å²) in [7, 11) is 0. The van der Waals surface area contributed by atoms with E-state index in [2.05, 4.69) is 4.99 Å². The van der Waals surface area contributed by atoms with E-state index in [0.29, 0.717) is 6.42 Å². The fraction of sp³-hybridized carbons (Fsp3) is 0.375. The SMILES string of the molecule is O=C1CC2=C(CC1=O)N=CC2. The van der Waals surface area contributed by atoms with Crippen molar-refractivity contribution in [2.75, 3.05) is 0 Å². The van der Waals surface area contributed by atoms with Gasteiger partial charge in [0.25, 0.3) is 0 Å². The molecule has 0 aromatic carbocycles. The highest BCUT2D eigenvalue weighted by Gasteiger charge is 2.26. The number of hydrogen-bond donors (Lipinski definition) is 0. The molecule has 3 heteroatoms. The van der Waals surface area contributed by atoms with Gasteiger partial charge in [-0.05, 0) is 5.57 Å². The van der Waals surface area contributed by atoms with Crippen LogP contribution >= 0.6 is 0 Å². The summed E-state index contributed by atoms with van der Waals surface area (Å²) < 4.78 is 0. The van der Waals surface area contributed by atoms with Crippen LogP contribution < -0.4 is 0 Å². The van der Waals surface area contributed by atoms with Crippen LogP contribution in [-0.2, 0) is 9.59 Å². The molecule has 0 atom stereocenters. The molecule has 0 bridgehead atoms. The maximum atomic E-state index is 10.9. The van der Waals surface area contributed by atoms with E-state index in [1.807, 2.05) is 0 Å². The van der Waals surface area contributed by atoms with Crippen molar-refractivity contribution in [2.45, 2.75) is 19.3 Å². The van der Waals surface area contributed by atoms with Crippen molar-refractivity contribution in [2.24, 2.45) is 4.99 Å². The van der Waals surface area contributed by atoms with Gasteiger partial charge in [-0.25, -0.2) is 0 Å². The highest BCUT2D eigenvalue weighted by atomic mass is 16.2. The number of carbonyl (C=O) groups excluding carboxylic acids is 2. The summed E-state index contributed by atoms with van der Waals surface area (Å²) in [5.41, 5.74) is 1.87. The minimum Gasteiger partial charge on any atom is -0.291 e. The quantitative estimate of drug-likeness (QED) is 0.474. The van der Waals surface area contributed by atoms with Gasteiger partial charge < -0.3 is 0 Å². The first-order valence-electron chi connectivity index (χ1n) is 3.57. The van der Waals surface area contributed by atoms with Gasteiger partial charge in [0.15, 0.2) is 0 Å². The molecule has 0 N–H and O–H groups in total. The van der Waals surface area contributed by atoms with Crippen LogP contribution in [0.2, 0.25) is 0 Å². The predicted octanol–water partition coefficient (Wildman–Crippen LogP) is 0.647. The Hall–Kier alpha value is -1.25. The molecule has 0 saturated heterocycles. The fourth-order valence-corrected chi connectivity index (χ4v) is 1.36. The Morgan fingerprint density at radius 1 is 1.18 bits per heavy atom. The number of ketones is 2. The van der Waals surface area contributed by atoms with Crippen molar-refractivity contribution in [3.63, 3.8) is 0 Å². The lowest BCUT2D eigenvalue weighted by molar-refractivity contribution is -0.136. The van der Waals surface area contributed by atoms with Crippen molar-refractivity contribution in [1.82, 2.24) is 0 Å². The van der Waals surface area contributed by atoms with E-state index in [4.69, 9.17) is 0 Å². The minimum absolute atomic E-state index is 0.227. The maximum absolute atomic E-state index is 10.9. The number of Topliss-reactive ketones (excluding diaryl/α,β-unsaturated/α-hetero) is 2. The molecule has 0 spiro atoms. The molecule has 0 aromatic rings. The van der Waals surface area contributed by atoms with Gasteiger partial charge in [-0.3, -0.25) is 14.6 Å². The minimum atomic E-state index is -0.289. The van der Waals surface area contributed by atoms with Crippen LogP contribution in [0.5, 0.6) is 0 Å². The van der Waals surface area contributed by atoms with Crippen LogP contribution in [0.15, 0.2) is 16.3 Å². The molecule has 1 aliphatic carbocycles. The molecule has 0 fully saturated rings. The Labute approximate surface area is 63.8 Å². The highest BCUT2D eigenvalue weighted by molar-refractivity contribution is 6.39. The molecule has 0 unspecified atom stereocenters. The first-order chi connectivity index (χ1) is 5.27. The lowest BCUT2D eigenvalue weighted by Gasteiger charge is -2.09. The summed E-state index contributed by atoms with van der Waals surface area (Å²) in [4.78, 5) is 25.8. The fourth-order valence-electron chi connectivity index (χ4n) is 1.36. The van der Waals surface area contributed by atoms with Gasteiger partial charge >= 0.3 is 0 Å². The van der Waals surface area contributed by atoms with E-state index in [1.165, 1.54) is 0 Å². The molecule has 0 amide bonds. The van der Waals surface area contributed by atoms with E-state index < -0.39 is 0 Å². The Bertz CT molecular complexity index is 299. The number of carbonyl (C=O) groups is 2. The number of allylic oxidation sites excluding steroid dienone is 2. The summed E-state index contributed by atoms with van der Waals surface area (Å²) in [6.07, 6.45) is 3.05. The van der Waals surface area contributed by atoms with Gasteiger partial charge in [-0.2, -0.15) is 0 Å². The van der Waals surface area contributed by atoms with Gasteiger partial charge in [0.05, 0.1) is 6.42 Å². The first-order valence-corrected chi connectivity index (χ1v) is 3.57. The second kappa shape index (κ2) is 2.12. The van der Waals surface area contributed by atoms with E-state index in [1.54, 1.807) is 6.21 Å². The Balaban J connectivity index is 2.34. The van der Waals surface area contributed by atoms with Crippen molar-refractivity contribution >= 4 is 17.8 Å². The first kappa shape index (κ1) is 6.46. The van der Waals surface area contributed by atoms with Crippen LogP contribution in [-0.4, -0.2) is 17.8 Å². The smallest absolute Gasteiger partial charge is 0.204 e. The molecule has 1 heterocycles. The van der Waals surface area contributed by atoms with E-state index >= 15 is 0 Å². The molecule has 1 aliphatic heterocycles. The van der Waals surface area contributed by atoms with Gasteiger partial charge in [0, 0.05) is 24.8 Å². The van der Waals surface area contributed by atoms with Crippen molar-refractivity contribution in [3.05, 3.63) is 11.3 Å². The van der Waals surface area contributed by atoms with E-state index in [9.17, 15) is 9.59 Å². The second-order valence-electron chi connectivity index (χ2n) is 2.77. The molecule has 0 saturated carbocycles. The van der Waals surface area contributed by atoms with Crippen LogP contribution in [0.4, 0.5) is 0 Å². The van der Waals surface area contributed by atoms with Gasteiger partial charge in [0.2, 0.25) is 11.6 Å². The monoisotopic (exact) mass is 149 g/mol. The third-order valence-electron chi connectivity index (χ3n) is 2.01. The number of nitrogens with zero attached hydrogens (tertiary/aromatic N) is 1. The molecular weight excluding hydrogens is 142 g/mol. The average Bonchev–Trinajstić information content (AvgIpc) is 2.36. The Morgan fingerprint density at radius 2 is 1.91 bits per heavy atom. The number of aliphatic imine (C=N–C) groups is 1. The van der Waals surface area contributed by atoms with Crippen molar-refractivity contribution < 1.29 is 9.59 Å². The molecule has 3 nitrogen and oxygen atoms in total. The third kappa shape index (κ3) is 0.926. The van der Waals surface area contributed by atoms with Crippen LogP contribution in [0, 0.1) is 0 Å². The average molecular weight is 149 g/mol. The largest absolute Gasteiger partial charge is 0.291 e. The summed E-state index contributed by atoms with van der Waals surface area (Å²) in [5, 5.41) is 0. The summed E-state index contributed by atoms with van der Waals surface area (Å²) in [6.45, 7) is 0. The Morgan fingerprint density at radius 3 is 2.73 bits per heavy atom. The van der Waals surface area contributed by atoms with Crippen LogP contribution in [0.1, 0.15) is 19.3 Å². The Kier molecular flexibility index (Phi) is 1.24. The topological polar surface area (TPSA) is 46.5 Å². The summed E-state index contributed by atoms with van der Waals surface area (Å²) in [5.74, 6) is -0.544. The number of hydrogen-bond acceptors (Lipinski definition) is 3.